The molecular formula is C8H9N3O. The molecule has 12 heavy (non-hydrogen) atoms. The van der Waals surface area contributed by atoms with E-state index < -0.39 is 0 Å². The van der Waals surface area contributed by atoms with Crippen molar-refractivity contribution in [1.29, 1.82) is 0 Å². The van der Waals surface area contributed by atoms with E-state index >= 15 is 0 Å². The van der Waals surface area contributed by atoms with Crippen LogP contribution in [0.25, 0.3) is 0 Å². The quantitative estimate of drug-likeness (QED) is 0.562. The van der Waals surface area contributed by atoms with Gasteiger partial charge in [-0.1, -0.05) is 11.8 Å². The first-order chi connectivity index (χ1) is 5.83. The Morgan fingerprint density at radius 1 is 1.42 bits per heavy atom. The third-order valence-corrected chi connectivity index (χ3v) is 1.14. The van der Waals surface area contributed by atoms with E-state index in [1.54, 1.807) is 12.4 Å². The third kappa shape index (κ3) is 2.56. The van der Waals surface area contributed by atoms with Gasteiger partial charge in [-0.05, 0) is 0 Å². The fourth-order valence-electron chi connectivity index (χ4n) is 0.623. The van der Waals surface area contributed by atoms with Gasteiger partial charge in [0.05, 0.1) is 12.2 Å². The summed E-state index contributed by atoms with van der Waals surface area (Å²) < 4.78 is 0. The molecule has 4 nitrogen and oxygen atoms in total. The molecule has 0 aliphatic heterocycles. The minimum atomic E-state index is 0.0723. The molecule has 0 bridgehead atoms. The number of aromatic nitrogens is 2. The predicted molar refractivity (Wildman–Crippen MR) is 45.0 cm³/mol. The smallest absolute Gasteiger partial charge is 0.219 e. The molecule has 0 aliphatic rings. The molecule has 0 fully saturated rings. The average Bonchev–Trinajstić information content (AvgIpc) is 2.09. The van der Waals surface area contributed by atoms with E-state index in [0.717, 1.165) is 0 Å². The first-order valence-corrected chi connectivity index (χ1v) is 3.50. The molecule has 0 unspecified atom stereocenters. The lowest BCUT2D eigenvalue weighted by Gasteiger charge is -1.89. The van der Waals surface area contributed by atoms with Crippen LogP contribution in [0.4, 0.5) is 5.95 Å². The van der Waals surface area contributed by atoms with Crippen molar-refractivity contribution >= 4 is 5.95 Å². The molecule has 1 aromatic rings. The zero-order valence-electron chi connectivity index (χ0n) is 6.49. The van der Waals surface area contributed by atoms with Gasteiger partial charge in [0.2, 0.25) is 5.95 Å². The minimum Gasteiger partial charge on any atom is -0.395 e. The summed E-state index contributed by atoms with van der Waals surface area (Å²) in [5.74, 6) is 5.77. The summed E-state index contributed by atoms with van der Waals surface area (Å²) in [6.45, 7) is 0.0723. The Hall–Kier alpha value is -1.60. The topological polar surface area (TPSA) is 72.0 Å². The van der Waals surface area contributed by atoms with Crippen LogP contribution in [-0.4, -0.2) is 21.7 Å². The molecule has 1 rings (SSSR count). The maximum atomic E-state index is 8.43. The molecular weight excluding hydrogens is 154 g/mol. The van der Waals surface area contributed by atoms with Crippen molar-refractivity contribution in [1.82, 2.24) is 9.97 Å². The highest BCUT2D eigenvalue weighted by Crippen LogP contribution is 1.93. The fraction of sp³-hybridized carbons (Fsp3) is 0.250. The monoisotopic (exact) mass is 163 g/mol. The van der Waals surface area contributed by atoms with Crippen LogP contribution in [0.5, 0.6) is 0 Å². The highest BCUT2D eigenvalue weighted by Gasteiger charge is 1.87. The van der Waals surface area contributed by atoms with Gasteiger partial charge < -0.3 is 10.8 Å². The molecule has 4 heteroatoms. The van der Waals surface area contributed by atoms with Gasteiger partial charge in [-0.2, -0.15) is 0 Å². The number of anilines is 1. The van der Waals surface area contributed by atoms with Crippen molar-refractivity contribution in [2.45, 2.75) is 6.42 Å². The van der Waals surface area contributed by atoms with Crippen molar-refractivity contribution < 1.29 is 5.11 Å². The SMILES string of the molecule is Nc1ncc(C#CCCO)cn1. The van der Waals surface area contributed by atoms with Crippen molar-refractivity contribution in [3.05, 3.63) is 18.0 Å². The van der Waals surface area contributed by atoms with Crippen LogP contribution in [0.2, 0.25) is 0 Å². The number of aliphatic hydroxyl groups is 1. The number of aliphatic hydroxyl groups excluding tert-OH is 1. The first-order valence-electron chi connectivity index (χ1n) is 3.50. The van der Waals surface area contributed by atoms with Crippen LogP contribution in [0, 0.1) is 11.8 Å². The van der Waals surface area contributed by atoms with Crippen molar-refractivity contribution in [3.63, 3.8) is 0 Å². The molecule has 0 aromatic carbocycles. The number of hydrogen-bond donors (Lipinski definition) is 2. The Morgan fingerprint density at radius 2 is 2.08 bits per heavy atom. The van der Waals surface area contributed by atoms with E-state index in [4.69, 9.17) is 10.8 Å². The van der Waals surface area contributed by atoms with Crippen LogP contribution in [0.15, 0.2) is 12.4 Å². The molecule has 0 saturated carbocycles. The molecule has 0 saturated heterocycles. The van der Waals surface area contributed by atoms with Crippen molar-refractivity contribution in [3.8, 4) is 11.8 Å². The number of rotatable bonds is 1. The number of nitrogens with two attached hydrogens (primary N) is 1. The lowest BCUT2D eigenvalue weighted by Crippen LogP contribution is -1.93. The van der Waals surface area contributed by atoms with E-state index in [9.17, 15) is 0 Å². The predicted octanol–water partition coefficient (Wildman–Crippen LogP) is -0.207. The Kier molecular flexibility index (Phi) is 3.05. The number of hydrogen-bond acceptors (Lipinski definition) is 4. The molecule has 0 radical (unpaired) electrons. The fourth-order valence-corrected chi connectivity index (χ4v) is 0.623. The molecule has 0 atom stereocenters. The summed E-state index contributed by atoms with van der Waals surface area (Å²) in [5, 5.41) is 8.43. The summed E-state index contributed by atoms with van der Waals surface area (Å²) >= 11 is 0. The molecule has 0 amide bonds. The highest BCUT2D eigenvalue weighted by atomic mass is 16.2. The van der Waals surface area contributed by atoms with E-state index in [1.165, 1.54) is 0 Å². The van der Waals surface area contributed by atoms with E-state index in [0.29, 0.717) is 12.0 Å². The van der Waals surface area contributed by atoms with Crippen LogP contribution in [0.1, 0.15) is 12.0 Å². The van der Waals surface area contributed by atoms with Gasteiger partial charge in [0.1, 0.15) is 0 Å². The van der Waals surface area contributed by atoms with Crippen LogP contribution in [0.3, 0.4) is 0 Å². The molecule has 3 N–H and O–H groups in total. The summed E-state index contributed by atoms with van der Waals surface area (Å²) in [7, 11) is 0. The lowest BCUT2D eigenvalue weighted by molar-refractivity contribution is 0.305. The van der Waals surface area contributed by atoms with Gasteiger partial charge in [0.15, 0.2) is 0 Å². The normalized spacial score (nSPS) is 8.75. The standard InChI is InChI=1S/C8H9N3O/c9-8-10-5-7(6-11-8)3-1-2-4-12/h5-6,12H,2,4H2,(H2,9,10,11). The van der Waals surface area contributed by atoms with Crippen LogP contribution >= 0.6 is 0 Å². The summed E-state index contributed by atoms with van der Waals surface area (Å²) in [5.41, 5.74) is 5.98. The summed E-state index contributed by atoms with van der Waals surface area (Å²) in [4.78, 5) is 7.52. The average molecular weight is 163 g/mol. The first kappa shape index (κ1) is 8.50. The third-order valence-electron chi connectivity index (χ3n) is 1.14. The van der Waals surface area contributed by atoms with Crippen LogP contribution in [-0.2, 0) is 0 Å². The summed E-state index contributed by atoms with van der Waals surface area (Å²) in [6.07, 6.45) is 3.56. The van der Waals surface area contributed by atoms with E-state index in [1.807, 2.05) is 0 Å². The Morgan fingerprint density at radius 3 is 2.67 bits per heavy atom. The molecule has 0 aliphatic carbocycles. The molecule has 1 heterocycles. The zero-order valence-corrected chi connectivity index (χ0v) is 6.49. The van der Waals surface area contributed by atoms with Gasteiger partial charge in [-0.15, -0.1) is 0 Å². The van der Waals surface area contributed by atoms with Gasteiger partial charge in [0.25, 0.3) is 0 Å². The van der Waals surface area contributed by atoms with Gasteiger partial charge >= 0.3 is 0 Å². The largest absolute Gasteiger partial charge is 0.395 e. The molecule has 0 spiro atoms. The van der Waals surface area contributed by atoms with Gasteiger partial charge in [-0.25, -0.2) is 9.97 Å². The van der Waals surface area contributed by atoms with E-state index in [-0.39, 0.29) is 12.6 Å². The zero-order chi connectivity index (χ0) is 8.81. The number of nitrogen functional groups attached to an aromatic ring is 1. The maximum absolute atomic E-state index is 8.43. The molecule has 62 valence electrons. The van der Waals surface area contributed by atoms with Gasteiger partial charge in [0, 0.05) is 18.8 Å². The second-order valence-electron chi connectivity index (χ2n) is 2.11. The number of nitrogens with zero attached hydrogens (tertiary/aromatic N) is 2. The van der Waals surface area contributed by atoms with Crippen molar-refractivity contribution in [2.75, 3.05) is 12.3 Å². The second-order valence-corrected chi connectivity index (χ2v) is 2.11. The van der Waals surface area contributed by atoms with E-state index in [2.05, 4.69) is 21.8 Å². The Labute approximate surface area is 70.5 Å². The van der Waals surface area contributed by atoms with Crippen molar-refractivity contribution in [2.24, 2.45) is 0 Å². The lowest BCUT2D eigenvalue weighted by atomic mass is 10.3. The second kappa shape index (κ2) is 4.31. The minimum absolute atomic E-state index is 0.0723. The Bertz CT molecular complexity index is 296. The molecule has 1 aromatic heterocycles. The Balaban J connectivity index is 2.66. The van der Waals surface area contributed by atoms with Gasteiger partial charge in [-0.3, -0.25) is 0 Å². The van der Waals surface area contributed by atoms with Crippen LogP contribution < -0.4 is 5.73 Å². The summed E-state index contributed by atoms with van der Waals surface area (Å²) in [6, 6.07) is 0. The maximum Gasteiger partial charge on any atom is 0.219 e. The highest BCUT2D eigenvalue weighted by molar-refractivity contribution is 5.31.